The minimum Gasteiger partial charge on any atom is -0.508 e. The number of ether oxygens (including phenoxy) is 5. The highest BCUT2D eigenvalue weighted by Crippen LogP contribution is 2.37. The highest BCUT2D eigenvalue weighted by atomic mass is 19.1. The lowest BCUT2D eigenvalue weighted by Crippen LogP contribution is -2.49. The third-order valence-electron chi connectivity index (χ3n) is 21.5. The van der Waals surface area contributed by atoms with Gasteiger partial charge >= 0.3 is 30.8 Å². The Hall–Kier alpha value is -18.0. The first-order chi connectivity index (χ1) is 70.3. The maximum Gasteiger partial charge on any atom is 0.373 e. The van der Waals surface area contributed by atoms with E-state index in [1.54, 1.807) is 49.4 Å². The first-order valence-electron chi connectivity index (χ1n) is 46.5. The number of anilines is 5. The molecule has 9 aromatic carbocycles. The summed E-state index contributed by atoms with van der Waals surface area (Å²) in [6.45, 7) is 39.7. The molecule has 5 amide bonds. The lowest BCUT2D eigenvalue weighted by Gasteiger charge is -2.28. The van der Waals surface area contributed by atoms with Crippen molar-refractivity contribution in [2.45, 2.75) is 179 Å². The fraction of sp³-hybridized carbons (Fsp3) is 0.295. The lowest BCUT2D eigenvalue weighted by molar-refractivity contribution is -0.193. The van der Waals surface area contributed by atoms with Crippen molar-refractivity contribution in [2.24, 2.45) is 5.92 Å². The van der Waals surface area contributed by atoms with Crippen LogP contribution in [0.3, 0.4) is 0 Å². The smallest absolute Gasteiger partial charge is 0.373 e. The number of amides is 5. The van der Waals surface area contributed by atoms with Gasteiger partial charge in [0.2, 0.25) is 5.91 Å². The minimum absolute atomic E-state index is 0.000319. The van der Waals surface area contributed by atoms with Crippen LogP contribution in [0.2, 0.25) is 0 Å². The van der Waals surface area contributed by atoms with Crippen LogP contribution >= 0.6 is 0 Å². The van der Waals surface area contributed by atoms with Crippen LogP contribution in [-0.4, -0.2) is 151 Å². The third kappa shape index (κ3) is 38.6. The number of nitrogen functional groups attached to an aromatic ring is 5. The van der Waals surface area contributed by atoms with Crippen LogP contribution < -0.4 is 78.9 Å². The molecule has 0 aliphatic heterocycles. The largest absolute Gasteiger partial charge is 0.508 e. The molecule has 0 aliphatic rings. The molecule has 16 N–H and O–H groups in total. The van der Waals surface area contributed by atoms with E-state index in [0.29, 0.717) is 93.7 Å². The fourth-order valence-corrected chi connectivity index (χ4v) is 14.8. The van der Waals surface area contributed by atoms with E-state index in [0.717, 1.165) is 113 Å². The number of carbonyl (C=O) groups excluding carboxylic acids is 15. The minimum atomic E-state index is -0.728. The second kappa shape index (κ2) is 57.5. The van der Waals surface area contributed by atoms with Gasteiger partial charge in [-0.15, -0.1) is 0 Å². The Kier molecular flexibility index (Phi) is 46.9. The van der Waals surface area contributed by atoms with E-state index in [9.17, 15) is 33.5 Å². The third-order valence-corrected chi connectivity index (χ3v) is 21.5. The number of aromatic hydroxyl groups is 1. The van der Waals surface area contributed by atoms with Gasteiger partial charge in [0.25, 0.3) is 23.6 Å². The number of aromatic nitrogens is 5. The average molecular weight is 2040 g/mol. The summed E-state index contributed by atoms with van der Waals surface area (Å²) in [4.78, 5) is 166. The van der Waals surface area contributed by atoms with Crippen LogP contribution in [0.5, 0.6) is 34.5 Å². The Balaban J connectivity index is 0.000000316. The van der Waals surface area contributed by atoms with Crippen molar-refractivity contribution in [2.75, 3.05) is 61.7 Å². The molecule has 0 fully saturated rings. The Morgan fingerprint density at radius 3 is 0.792 bits per heavy atom. The summed E-state index contributed by atoms with van der Waals surface area (Å²) < 4.78 is 43.8. The molecular formula is C112H126FN15O21. The number of pyridine rings is 5. The number of carbonyl (C=O) groups is 5. The maximum absolute atomic E-state index is 13.8. The number of hydrogen-bond donors (Lipinski definition) is 11. The van der Waals surface area contributed by atoms with Gasteiger partial charge in [-0.3, -0.25) is 48.9 Å². The summed E-state index contributed by atoms with van der Waals surface area (Å²) in [5.41, 5.74) is 43.6. The van der Waals surface area contributed by atoms with Gasteiger partial charge in [-0.25, -0.2) is 4.39 Å². The van der Waals surface area contributed by atoms with Crippen molar-refractivity contribution < 1.29 is 105 Å². The first-order valence-corrected chi connectivity index (χ1v) is 46.5. The van der Waals surface area contributed by atoms with Crippen LogP contribution in [0.25, 0.3) is 54.5 Å². The highest BCUT2D eigenvalue weighted by Gasteiger charge is 2.31. The van der Waals surface area contributed by atoms with Gasteiger partial charge in [0, 0.05) is 79.5 Å². The molecule has 14 aromatic rings. The van der Waals surface area contributed by atoms with Crippen molar-refractivity contribution in [3.63, 3.8) is 0 Å². The van der Waals surface area contributed by atoms with Gasteiger partial charge in [-0.05, 0) is 283 Å². The van der Waals surface area contributed by atoms with E-state index in [1.165, 1.54) is 18.2 Å². The molecule has 5 heterocycles. The Bertz CT molecular complexity index is 6970. The van der Waals surface area contributed by atoms with Gasteiger partial charge in [0.1, 0.15) is 73.3 Å². The van der Waals surface area contributed by atoms with E-state index >= 15 is 0 Å². The Morgan fingerprint density at radius 2 is 0.550 bits per heavy atom. The molecule has 0 saturated carbocycles. The second-order valence-electron chi connectivity index (χ2n) is 37.3. The van der Waals surface area contributed by atoms with Crippen molar-refractivity contribution in [1.82, 2.24) is 51.5 Å². The number of halogens is 1. The van der Waals surface area contributed by atoms with Crippen molar-refractivity contribution in [1.29, 1.82) is 0 Å². The Morgan fingerprint density at radius 1 is 0.315 bits per heavy atom. The molecule has 36 nitrogen and oxygen atoms in total. The van der Waals surface area contributed by atoms with Gasteiger partial charge in [0.15, 0.2) is 0 Å². The molecule has 0 aliphatic carbocycles. The molecule has 14 rings (SSSR count). The quantitative estimate of drug-likeness (QED) is 0.0228. The van der Waals surface area contributed by atoms with E-state index in [1.807, 2.05) is 283 Å². The van der Waals surface area contributed by atoms with Gasteiger partial charge in [-0.2, -0.15) is 47.9 Å². The average Bonchev–Trinajstić information content (AvgIpc) is 0.807. The summed E-state index contributed by atoms with van der Waals surface area (Å²) in [6, 6.07) is 63.0. The number of rotatable bonds is 27. The number of nitrogens with one attached hydrogen (secondary N) is 5. The number of hydrogen-bond acceptors (Lipinski definition) is 31. The maximum atomic E-state index is 13.8. The molecule has 37 heteroatoms. The van der Waals surface area contributed by atoms with E-state index in [4.69, 9.17) is 100 Å². The van der Waals surface area contributed by atoms with Gasteiger partial charge < -0.3 is 84.0 Å². The monoisotopic (exact) mass is 2040 g/mol. The summed E-state index contributed by atoms with van der Waals surface area (Å²) in [5.74, 6) is 1.86. The van der Waals surface area contributed by atoms with Crippen LogP contribution in [0.15, 0.2) is 212 Å². The van der Waals surface area contributed by atoms with E-state index < -0.39 is 39.4 Å². The molecular weight excluding hydrogens is 1910 g/mol. The molecule has 5 aromatic heterocycles. The molecule has 0 unspecified atom stereocenters. The molecule has 149 heavy (non-hydrogen) atoms. The highest BCUT2D eigenvalue weighted by molar-refractivity contribution is 6.01. The normalized spacial score (nSPS) is 10.6. The number of nitrogens with zero attached hydrogens (tertiary/aromatic N) is 5. The molecule has 782 valence electrons. The first kappa shape index (κ1) is 121. The van der Waals surface area contributed by atoms with Crippen LogP contribution in [0.4, 0.5) is 32.8 Å². The molecule has 0 radical (unpaired) electrons. The fourth-order valence-electron chi connectivity index (χ4n) is 14.8. The number of phenolic OH excluding ortho intramolecular Hbond substituents is 1. The summed E-state index contributed by atoms with van der Waals surface area (Å²) in [6.07, 6.45) is 2.92. The zero-order valence-corrected chi connectivity index (χ0v) is 86.8. The van der Waals surface area contributed by atoms with Crippen molar-refractivity contribution in [3.8, 4) is 34.5 Å². The van der Waals surface area contributed by atoms with E-state index in [-0.39, 0.29) is 84.8 Å². The lowest BCUT2D eigenvalue weighted by atomic mass is 9.99. The van der Waals surface area contributed by atoms with Crippen LogP contribution in [0.1, 0.15) is 183 Å². The summed E-state index contributed by atoms with van der Waals surface area (Å²) in [7, 11) is 0. The number of aryl methyl sites for hydroxylation is 8. The summed E-state index contributed by atoms with van der Waals surface area (Å²) in [5, 5.41) is 28.6. The number of nitrogens with two attached hydrogens (primary N) is 5. The number of benzene rings is 9. The topological polar surface area (TPSA) is 577 Å². The number of phenols is 1. The Labute approximate surface area is 862 Å². The predicted molar refractivity (Wildman–Crippen MR) is 561 cm³/mol. The van der Waals surface area contributed by atoms with Crippen LogP contribution in [-0.2, 0) is 52.7 Å². The number of fused-ring (bicyclic) bond motifs is 5. The van der Waals surface area contributed by atoms with Gasteiger partial charge in [-0.1, -0.05) is 97.8 Å². The summed E-state index contributed by atoms with van der Waals surface area (Å²) >= 11 is 0. The predicted octanol–water partition coefficient (Wildman–Crippen LogP) is 16.5. The van der Waals surface area contributed by atoms with Crippen molar-refractivity contribution in [3.05, 3.63) is 286 Å². The van der Waals surface area contributed by atoms with Gasteiger partial charge in [0.05, 0.1) is 87.8 Å². The van der Waals surface area contributed by atoms with E-state index in [2.05, 4.69) is 51.5 Å². The molecule has 0 saturated heterocycles. The zero-order valence-electron chi connectivity index (χ0n) is 86.8. The second-order valence-corrected chi connectivity index (χ2v) is 37.3. The SMILES string of the molecule is CCC(CC)C(=O)NC(C)(C)COc1cccc2nc(C)cc(N)c12.Cc1cc(N)c2c(OCC(C)(C)NC(=O)c3ccc(C)c(O)c3)cccc2n1.Cc1cc(N)c2c(OCC(C)(C)NC(=O)c3ccccc3F)cccc2n1.Cc1cccc(C(=O)NC(C)(C)COc2cccc3nc(C)cc(N)c23)c1.Cc1cccc(C(=O)NC(C)(C)COc2cccc3nc(C)cc(N)c23)c1.O=C=O.O=C=O.O=C=O.O=C=O.O=C=O. The molecule has 0 bridgehead atoms. The van der Waals surface area contributed by atoms with Crippen LogP contribution in [0, 0.1) is 67.1 Å². The molecule has 0 atom stereocenters. The molecule has 0 spiro atoms. The standard InChI is InChI=1S/C22H25N3O3.2C22H25N3O2.C21H22FN3O2.C20H29N3O2.5CO2/c1-13-8-9-15(11-18(13)26)21(27)25-22(3,4)12-28-19-7-5-6-17-20(19)16(23)10-14(2)24-17;2*1-14-7-5-8-16(11-14)21(26)25-22(3,4)13-27-19-10-6-9-18-20(19)17(23)12-15(2)24-18;1-13-11-16(23)19-17(24-13)9-6-10-18(19)27-12-21(2,3)25-20(26)14-7-4-5-8-15(14)22;1-6-14(7-2)19(24)23-20(4,5)12-25-17-10-8-9-16-18(17)15(21)11-13(3)22-16;5*2-1-3/h5-11,26H,12H2,1-4H3,(H2,23,24)(H,25,27);2*5-12H,13H2,1-4H3,(H2,23,24)(H,25,26);4-11H,12H2,1-3H3,(H2,23,24)(H,25,26);8-11,14H,6-7,12H2,1-5H3,(H2,21,22)(H,23,24);;;;;. The zero-order chi connectivity index (χ0) is 111. The van der Waals surface area contributed by atoms with Crippen molar-refractivity contribution >= 4 is 143 Å².